The number of hydrogen-bond acceptors (Lipinski definition) is 4. The topological polar surface area (TPSA) is 95.9 Å². The number of carbonyl (C=O) groups excluding carboxylic acids is 1. The zero-order valence-corrected chi connectivity index (χ0v) is 18.1. The number of carboxylic acid groups (broad SMARTS) is 1. The number of phenolic OH excluding ortho intramolecular Hbond substituents is 1. The number of benzene rings is 3. The van der Waals surface area contributed by atoms with E-state index in [0.717, 1.165) is 22.3 Å². The first-order valence-corrected chi connectivity index (χ1v) is 10.5. The van der Waals surface area contributed by atoms with E-state index in [9.17, 15) is 19.8 Å². The van der Waals surface area contributed by atoms with Crippen LogP contribution in [-0.2, 0) is 16.0 Å². The quantitative estimate of drug-likeness (QED) is 0.496. The van der Waals surface area contributed by atoms with Gasteiger partial charge in [-0.1, -0.05) is 60.1 Å². The molecular weight excluding hydrogens is 430 g/mol. The lowest BCUT2D eigenvalue weighted by Gasteiger charge is -2.18. The Morgan fingerprint density at radius 1 is 1.06 bits per heavy atom. The summed E-state index contributed by atoms with van der Waals surface area (Å²) in [7, 11) is 0. The maximum absolute atomic E-state index is 12.5. The minimum absolute atomic E-state index is 0.0463. The minimum Gasteiger partial charge on any atom is -0.507 e. The number of fused-ring (bicyclic) bond motifs is 3. The van der Waals surface area contributed by atoms with Gasteiger partial charge in [0.2, 0.25) is 0 Å². The lowest BCUT2D eigenvalue weighted by molar-refractivity contribution is -0.139. The zero-order valence-electron chi connectivity index (χ0n) is 17.3. The van der Waals surface area contributed by atoms with Gasteiger partial charge in [-0.2, -0.15) is 0 Å². The SMILES string of the molecule is Cc1cc(Cl)cc(CC(NC(=O)OCC2c3ccccc3-c3ccccc32)C(=O)O)c1O. The molecule has 0 heterocycles. The lowest BCUT2D eigenvalue weighted by atomic mass is 9.98. The number of amides is 1. The van der Waals surface area contributed by atoms with Crippen LogP contribution in [0, 0.1) is 6.92 Å². The monoisotopic (exact) mass is 451 g/mol. The summed E-state index contributed by atoms with van der Waals surface area (Å²) in [5.74, 6) is -1.42. The van der Waals surface area contributed by atoms with Crippen LogP contribution in [0.4, 0.5) is 4.79 Å². The molecule has 164 valence electrons. The number of aromatic hydroxyl groups is 1. The molecule has 0 saturated heterocycles. The van der Waals surface area contributed by atoms with Crippen molar-refractivity contribution in [3.05, 3.63) is 87.9 Å². The number of ether oxygens (including phenoxy) is 1. The van der Waals surface area contributed by atoms with Crippen LogP contribution in [0.25, 0.3) is 11.1 Å². The maximum Gasteiger partial charge on any atom is 0.407 e. The average molecular weight is 452 g/mol. The molecule has 0 spiro atoms. The van der Waals surface area contributed by atoms with E-state index in [1.807, 2.05) is 48.5 Å². The number of aryl methyl sites for hydroxylation is 1. The Morgan fingerprint density at radius 2 is 1.66 bits per heavy atom. The number of alkyl carbamates (subject to hydrolysis) is 1. The third kappa shape index (κ3) is 4.27. The van der Waals surface area contributed by atoms with Crippen molar-refractivity contribution in [3.8, 4) is 16.9 Å². The van der Waals surface area contributed by atoms with Crippen molar-refractivity contribution in [2.45, 2.75) is 25.3 Å². The van der Waals surface area contributed by atoms with Crippen LogP contribution in [0.2, 0.25) is 5.02 Å². The zero-order chi connectivity index (χ0) is 22.8. The number of phenols is 1. The van der Waals surface area contributed by atoms with Gasteiger partial charge in [-0.05, 0) is 52.4 Å². The van der Waals surface area contributed by atoms with Crippen molar-refractivity contribution in [2.24, 2.45) is 0 Å². The van der Waals surface area contributed by atoms with Gasteiger partial charge < -0.3 is 20.3 Å². The second-order valence-corrected chi connectivity index (χ2v) is 8.23. The molecule has 7 heteroatoms. The molecule has 0 saturated carbocycles. The van der Waals surface area contributed by atoms with E-state index >= 15 is 0 Å². The summed E-state index contributed by atoms with van der Waals surface area (Å²) in [6.07, 6.45) is -0.968. The molecule has 0 bridgehead atoms. The molecule has 3 N–H and O–H groups in total. The Labute approximate surface area is 190 Å². The molecular formula is C25H22ClNO5. The summed E-state index contributed by atoms with van der Waals surface area (Å²) in [6.45, 7) is 1.74. The molecule has 0 fully saturated rings. The summed E-state index contributed by atoms with van der Waals surface area (Å²) >= 11 is 6.03. The molecule has 1 amide bonds. The Bertz CT molecular complexity index is 1150. The second-order valence-electron chi connectivity index (χ2n) is 7.80. The normalized spacial score (nSPS) is 13.2. The first kappa shape index (κ1) is 21.7. The summed E-state index contributed by atoms with van der Waals surface area (Å²) in [4.78, 5) is 24.2. The molecule has 32 heavy (non-hydrogen) atoms. The van der Waals surface area contributed by atoms with E-state index in [4.69, 9.17) is 16.3 Å². The molecule has 1 atom stereocenters. The summed E-state index contributed by atoms with van der Waals surface area (Å²) in [6, 6.07) is 17.7. The maximum atomic E-state index is 12.5. The van der Waals surface area contributed by atoms with Crippen LogP contribution in [0.1, 0.15) is 28.2 Å². The van der Waals surface area contributed by atoms with E-state index in [1.54, 1.807) is 13.0 Å². The standard InChI is InChI=1S/C25H22ClNO5/c1-14-10-16(26)11-15(23(14)28)12-22(24(29)30)27-25(31)32-13-21-19-8-4-2-6-17(19)18-7-3-5-9-20(18)21/h2-11,21-22,28H,12-13H2,1H3,(H,27,31)(H,29,30). The van der Waals surface area contributed by atoms with Crippen molar-refractivity contribution in [2.75, 3.05) is 6.61 Å². The first-order valence-electron chi connectivity index (χ1n) is 10.2. The predicted octanol–water partition coefficient (Wildman–Crippen LogP) is 4.89. The highest BCUT2D eigenvalue weighted by Crippen LogP contribution is 2.44. The van der Waals surface area contributed by atoms with Gasteiger partial charge >= 0.3 is 12.1 Å². The van der Waals surface area contributed by atoms with Crippen LogP contribution < -0.4 is 5.32 Å². The van der Waals surface area contributed by atoms with E-state index < -0.39 is 18.1 Å². The van der Waals surface area contributed by atoms with Gasteiger partial charge in [-0.3, -0.25) is 0 Å². The molecule has 0 radical (unpaired) electrons. The molecule has 1 unspecified atom stereocenters. The summed E-state index contributed by atoms with van der Waals surface area (Å²) in [5, 5.41) is 22.6. The van der Waals surface area contributed by atoms with Crippen LogP contribution in [-0.4, -0.2) is 34.9 Å². The fourth-order valence-electron chi connectivity index (χ4n) is 4.16. The van der Waals surface area contributed by atoms with Gasteiger partial charge in [0.05, 0.1) is 0 Å². The van der Waals surface area contributed by atoms with Gasteiger partial charge in [0, 0.05) is 17.4 Å². The smallest absolute Gasteiger partial charge is 0.407 e. The predicted molar refractivity (Wildman–Crippen MR) is 121 cm³/mol. The van der Waals surface area contributed by atoms with Crippen molar-refractivity contribution in [3.63, 3.8) is 0 Å². The average Bonchev–Trinajstić information content (AvgIpc) is 3.09. The number of rotatable bonds is 6. The Balaban J connectivity index is 1.46. The first-order chi connectivity index (χ1) is 15.3. The fraction of sp³-hybridized carbons (Fsp3) is 0.200. The highest BCUT2D eigenvalue weighted by Gasteiger charge is 2.30. The third-order valence-corrected chi connectivity index (χ3v) is 5.92. The number of carboxylic acids is 1. The Morgan fingerprint density at radius 3 is 2.25 bits per heavy atom. The molecule has 1 aliphatic rings. The van der Waals surface area contributed by atoms with E-state index in [0.29, 0.717) is 16.1 Å². The van der Waals surface area contributed by atoms with Gasteiger partial charge in [0.1, 0.15) is 18.4 Å². The fourth-order valence-corrected chi connectivity index (χ4v) is 4.46. The number of nitrogens with one attached hydrogen (secondary N) is 1. The number of aliphatic carboxylic acids is 1. The highest BCUT2D eigenvalue weighted by atomic mass is 35.5. The van der Waals surface area contributed by atoms with Crippen molar-refractivity contribution in [1.29, 1.82) is 0 Å². The second kappa shape index (κ2) is 8.93. The van der Waals surface area contributed by atoms with Gasteiger partial charge in [0.15, 0.2) is 0 Å². The van der Waals surface area contributed by atoms with Crippen LogP contribution >= 0.6 is 11.6 Å². The summed E-state index contributed by atoms with van der Waals surface area (Å²) in [5.41, 5.74) is 5.20. The van der Waals surface area contributed by atoms with Crippen LogP contribution in [0.15, 0.2) is 60.7 Å². The van der Waals surface area contributed by atoms with Crippen molar-refractivity contribution >= 4 is 23.7 Å². The number of carbonyl (C=O) groups is 2. The van der Waals surface area contributed by atoms with E-state index in [2.05, 4.69) is 5.32 Å². The Hall–Kier alpha value is -3.51. The van der Waals surface area contributed by atoms with Gasteiger partial charge in [0.25, 0.3) is 0 Å². The molecule has 0 aromatic heterocycles. The summed E-state index contributed by atoms with van der Waals surface area (Å²) < 4.78 is 5.43. The van der Waals surface area contributed by atoms with Crippen molar-refractivity contribution < 1.29 is 24.5 Å². The molecule has 3 aromatic rings. The minimum atomic E-state index is -1.28. The lowest BCUT2D eigenvalue weighted by Crippen LogP contribution is -2.43. The van der Waals surface area contributed by atoms with Crippen LogP contribution in [0.3, 0.4) is 0 Å². The molecule has 3 aromatic carbocycles. The van der Waals surface area contributed by atoms with Gasteiger partial charge in [-0.15, -0.1) is 0 Å². The highest BCUT2D eigenvalue weighted by molar-refractivity contribution is 6.30. The van der Waals surface area contributed by atoms with E-state index in [1.165, 1.54) is 6.07 Å². The van der Waals surface area contributed by atoms with E-state index in [-0.39, 0.29) is 24.7 Å². The molecule has 1 aliphatic carbocycles. The third-order valence-electron chi connectivity index (χ3n) is 5.70. The number of hydrogen-bond donors (Lipinski definition) is 3. The van der Waals surface area contributed by atoms with Gasteiger partial charge in [-0.25, -0.2) is 9.59 Å². The number of halogens is 1. The van der Waals surface area contributed by atoms with Crippen LogP contribution in [0.5, 0.6) is 5.75 Å². The Kier molecular flexibility index (Phi) is 6.06. The molecule has 4 rings (SSSR count). The largest absolute Gasteiger partial charge is 0.507 e. The van der Waals surface area contributed by atoms with Crippen molar-refractivity contribution in [1.82, 2.24) is 5.32 Å². The molecule has 0 aliphatic heterocycles. The molecule has 6 nitrogen and oxygen atoms in total.